The molecule has 0 saturated carbocycles. The molecule has 0 bridgehead atoms. The van der Waals surface area contributed by atoms with E-state index in [9.17, 15) is 9.59 Å². The molecule has 5 heteroatoms. The lowest BCUT2D eigenvalue weighted by molar-refractivity contribution is 0.0600. The zero-order chi connectivity index (χ0) is 11.7. The first-order valence-corrected chi connectivity index (χ1v) is 4.60. The number of fused-ring (bicyclic) bond motifs is 1. The normalized spacial score (nSPS) is 10.4. The summed E-state index contributed by atoms with van der Waals surface area (Å²) in [5.41, 5.74) is 1.45. The fourth-order valence-electron chi connectivity index (χ4n) is 1.49. The molecule has 5 nitrogen and oxygen atoms in total. The van der Waals surface area contributed by atoms with E-state index in [1.807, 2.05) is 0 Å². The maximum atomic E-state index is 11.3. The number of rotatable bonds is 2. The van der Waals surface area contributed by atoms with Gasteiger partial charge in [-0.15, -0.1) is 0 Å². The van der Waals surface area contributed by atoms with E-state index in [0.717, 1.165) is 0 Å². The maximum absolute atomic E-state index is 11.3. The Morgan fingerprint density at radius 3 is 2.88 bits per heavy atom. The second-order valence-corrected chi connectivity index (χ2v) is 3.25. The highest BCUT2D eigenvalue weighted by molar-refractivity contribution is 6.00. The molecule has 0 atom stereocenters. The molecule has 0 N–H and O–H groups in total. The van der Waals surface area contributed by atoms with Crippen molar-refractivity contribution in [2.24, 2.45) is 0 Å². The van der Waals surface area contributed by atoms with Crippen LogP contribution in [0, 0.1) is 6.92 Å². The molecule has 2 rings (SSSR count). The second kappa shape index (κ2) is 3.77. The molecular weight excluding hydrogens is 210 g/mol. The summed E-state index contributed by atoms with van der Waals surface area (Å²) in [4.78, 5) is 26.3. The van der Waals surface area contributed by atoms with Crippen molar-refractivity contribution in [2.75, 3.05) is 7.11 Å². The molecule has 2 aromatic rings. The molecule has 0 radical (unpaired) electrons. The van der Waals surface area contributed by atoms with Gasteiger partial charge in [0.1, 0.15) is 5.52 Å². The highest BCUT2D eigenvalue weighted by Gasteiger charge is 2.14. The third-order valence-electron chi connectivity index (χ3n) is 2.18. The van der Waals surface area contributed by atoms with Gasteiger partial charge in [0.05, 0.1) is 12.7 Å². The van der Waals surface area contributed by atoms with Crippen molar-refractivity contribution in [3.8, 4) is 0 Å². The second-order valence-electron chi connectivity index (χ2n) is 3.25. The van der Waals surface area contributed by atoms with Gasteiger partial charge >= 0.3 is 5.97 Å². The van der Waals surface area contributed by atoms with E-state index in [-0.39, 0.29) is 5.56 Å². The first-order chi connectivity index (χ1) is 7.65. The van der Waals surface area contributed by atoms with Crippen molar-refractivity contribution in [2.45, 2.75) is 6.92 Å². The summed E-state index contributed by atoms with van der Waals surface area (Å²) in [6.45, 7) is 1.67. The smallest absolute Gasteiger partial charge is 0.338 e. The van der Waals surface area contributed by atoms with Crippen LogP contribution in [0.4, 0.5) is 0 Å². The summed E-state index contributed by atoms with van der Waals surface area (Å²) in [6, 6.07) is 2.94. The Kier molecular flexibility index (Phi) is 2.44. The molecule has 0 unspecified atom stereocenters. The first kappa shape index (κ1) is 10.4. The number of benzene rings is 1. The number of ether oxygens (including phenoxy) is 1. The third kappa shape index (κ3) is 1.56. The van der Waals surface area contributed by atoms with E-state index in [4.69, 9.17) is 4.42 Å². The standard InChI is InChI=1S/C11H9NO4/c1-6-12-10-8(5-13)3-7(11(14)15-2)4-9(10)16-6/h3-5H,1-2H3. The number of nitrogens with zero attached hydrogens (tertiary/aromatic N) is 1. The van der Waals surface area contributed by atoms with Crippen LogP contribution in [0.3, 0.4) is 0 Å². The van der Waals surface area contributed by atoms with Crippen LogP contribution in [0.25, 0.3) is 11.1 Å². The van der Waals surface area contributed by atoms with Crippen LogP contribution in [0.2, 0.25) is 0 Å². The Balaban J connectivity index is 2.71. The number of carbonyl (C=O) groups excluding carboxylic acids is 2. The number of hydrogen-bond acceptors (Lipinski definition) is 5. The quantitative estimate of drug-likeness (QED) is 0.568. The highest BCUT2D eigenvalue weighted by atomic mass is 16.5. The summed E-state index contributed by atoms with van der Waals surface area (Å²) in [5, 5.41) is 0. The molecule has 0 amide bonds. The molecule has 1 aromatic heterocycles. The number of oxazole rings is 1. The molecule has 0 aliphatic rings. The van der Waals surface area contributed by atoms with Crippen molar-refractivity contribution in [1.29, 1.82) is 0 Å². The number of aryl methyl sites for hydroxylation is 1. The molecule has 0 saturated heterocycles. The molecule has 16 heavy (non-hydrogen) atoms. The summed E-state index contributed by atoms with van der Waals surface area (Å²) >= 11 is 0. The Bertz CT molecular complexity index is 571. The molecule has 0 aliphatic heterocycles. The fraction of sp³-hybridized carbons (Fsp3) is 0.182. The lowest BCUT2D eigenvalue weighted by atomic mass is 10.1. The summed E-state index contributed by atoms with van der Waals surface area (Å²) < 4.78 is 9.84. The van der Waals surface area contributed by atoms with Gasteiger partial charge in [-0.1, -0.05) is 0 Å². The zero-order valence-corrected chi connectivity index (χ0v) is 8.81. The Labute approximate surface area is 91.0 Å². The van der Waals surface area contributed by atoms with Gasteiger partial charge < -0.3 is 9.15 Å². The van der Waals surface area contributed by atoms with Crippen molar-refractivity contribution in [3.63, 3.8) is 0 Å². The van der Waals surface area contributed by atoms with Gasteiger partial charge in [0.2, 0.25) is 0 Å². The zero-order valence-electron chi connectivity index (χ0n) is 8.81. The van der Waals surface area contributed by atoms with Gasteiger partial charge in [0.15, 0.2) is 17.8 Å². The van der Waals surface area contributed by atoms with Crippen LogP contribution in [-0.4, -0.2) is 24.3 Å². The monoisotopic (exact) mass is 219 g/mol. The van der Waals surface area contributed by atoms with Crippen molar-refractivity contribution < 1.29 is 18.7 Å². The van der Waals surface area contributed by atoms with Gasteiger partial charge in [-0.2, -0.15) is 0 Å². The van der Waals surface area contributed by atoms with Crippen LogP contribution < -0.4 is 0 Å². The lowest BCUT2D eigenvalue weighted by Gasteiger charge is -1.99. The van der Waals surface area contributed by atoms with Crippen LogP contribution in [0.5, 0.6) is 0 Å². The average molecular weight is 219 g/mol. The topological polar surface area (TPSA) is 69.4 Å². The predicted octanol–water partition coefficient (Wildman–Crippen LogP) is 1.74. The SMILES string of the molecule is COC(=O)c1cc(C=O)c2nc(C)oc2c1. The Morgan fingerprint density at radius 2 is 2.25 bits per heavy atom. The largest absolute Gasteiger partial charge is 0.465 e. The van der Waals surface area contributed by atoms with Gasteiger partial charge in [-0.25, -0.2) is 9.78 Å². The van der Waals surface area contributed by atoms with Gasteiger partial charge in [-0.3, -0.25) is 4.79 Å². The number of hydrogen-bond donors (Lipinski definition) is 0. The summed E-state index contributed by atoms with van der Waals surface area (Å²) in [5.74, 6) is -0.0702. The van der Waals surface area contributed by atoms with Crippen molar-refractivity contribution in [1.82, 2.24) is 4.98 Å². The first-order valence-electron chi connectivity index (χ1n) is 4.60. The minimum Gasteiger partial charge on any atom is -0.465 e. The van der Waals surface area contributed by atoms with E-state index >= 15 is 0 Å². The number of esters is 1. The molecule has 0 fully saturated rings. The number of methoxy groups -OCH3 is 1. The fourth-order valence-corrected chi connectivity index (χ4v) is 1.49. The molecule has 1 aromatic carbocycles. The molecular formula is C11H9NO4. The molecule has 82 valence electrons. The summed E-state index contributed by atoms with van der Waals surface area (Å²) in [7, 11) is 1.28. The van der Waals surface area contributed by atoms with E-state index in [0.29, 0.717) is 28.8 Å². The van der Waals surface area contributed by atoms with Crippen LogP contribution in [-0.2, 0) is 4.74 Å². The number of carbonyl (C=O) groups is 2. The van der Waals surface area contributed by atoms with Gasteiger partial charge in [-0.05, 0) is 12.1 Å². The Morgan fingerprint density at radius 1 is 1.50 bits per heavy atom. The lowest BCUT2D eigenvalue weighted by Crippen LogP contribution is -2.02. The van der Waals surface area contributed by atoms with E-state index in [1.54, 1.807) is 6.92 Å². The minimum absolute atomic E-state index is 0.272. The van der Waals surface area contributed by atoms with Crippen LogP contribution in [0.15, 0.2) is 16.5 Å². The van der Waals surface area contributed by atoms with E-state index < -0.39 is 5.97 Å². The average Bonchev–Trinajstić information content (AvgIpc) is 2.66. The van der Waals surface area contributed by atoms with Crippen LogP contribution >= 0.6 is 0 Å². The molecule has 0 aliphatic carbocycles. The predicted molar refractivity (Wildman–Crippen MR) is 55.5 cm³/mol. The number of aromatic nitrogens is 1. The molecule has 1 heterocycles. The third-order valence-corrected chi connectivity index (χ3v) is 2.18. The Hall–Kier alpha value is -2.17. The maximum Gasteiger partial charge on any atom is 0.338 e. The van der Waals surface area contributed by atoms with Crippen molar-refractivity contribution in [3.05, 3.63) is 29.2 Å². The van der Waals surface area contributed by atoms with Crippen molar-refractivity contribution >= 4 is 23.4 Å². The van der Waals surface area contributed by atoms with E-state index in [1.165, 1.54) is 19.2 Å². The molecule has 0 spiro atoms. The van der Waals surface area contributed by atoms with Gasteiger partial charge in [0, 0.05) is 12.5 Å². The minimum atomic E-state index is -0.515. The van der Waals surface area contributed by atoms with Gasteiger partial charge in [0.25, 0.3) is 0 Å². The highest BCUT2D eigenvalue weighted by Crippen LogP contribution is 2.21. The number of aldehydes is 1. The van der Waals surface area contributed by atoms with Crippen LogP contribution in [0.1, 0.15) is 26.6 Å². The van der Waals surface area contributed by atoms with E-state index in [2.05, 4.69) is 9.72 Å². The summed E-state index contributed by atoms with van der Waals surface area (Å²) in [6.07, 6.45) is 0.636.